The quantitative estimate of drug-likeness (QED) is 0.661. The minimum atomic E-state index is -4.53. The molecule has 0 aliphatic carbocycles. The van der Waals surface area contributed by atoms with E-state index >= 15 is 0 Å². The number of halogens is 3. The Balaban J connectivity index is 1.92. The third kappa shape index (κ3) is 5.09. The van der Waals surface area contributed by atoms with E-state index in [4.69, 9.17) is 10.5 Å². The fourth-order valence-corrected chi connectivity index (χ4v) is 3.58. The van der Waals surface area contributed by atoms with E-state index in [1.165, 1.54) is 12.1 Å². The molecule has 2 aromatic rings. The Hall–Kier alpha value is -2.55. The number of rotatable bonds is 7. The lowest BCUT2D eigenvalue weighted by Crippen LogP contribution is -2.33. The van der Waals surface area contributed by atoms with Crippen LogP contribution in [0.5, 0.6) is 0 Å². The van der Waals surface area contributed by atoms with Crippen molar-refractivity contribution in [3.05, 3.63) is 35.5 Å². The number of methoxy groups -OCH3 is 1. The average molecular weight is 409 g/mol. The van der Waals surface area contributed by atoms with Crippen molar-refractivity contribution in [3.8, 4) is 0 Å². The summed E-state index contributed by atoms with van der Waals surface area (Å²) in [5, 5.41) is 2.92. The molecule has 3 rings (SSSR count). The van der Waals surface area contributed by atoms with E-state index in [1.54, 1.807) is 7.11 Å². The maximum atomic E-state index is 13.2. The normalized spacial score (nSPS) is 17.0. The van der Waals surface area contributed by atoms with Crippen LogP contribution in [-0.4, -0.2) is 36.3 Å². The summed E-state index contributed by atoms with van der Waals surface area (Å²) in [7, 11) is 1.67. The van der Waals surface area contributed by atoms with E-state index in [1.807, 2.05) is 13.0 Å². The third-order valence-electron chi connectivity index (χ3n) is 4.92. The molecule has 2 heterocycles. The van der Waals surface area contributed by atoms with Crippen molar-refractivity contribution in [2.24, 2.45) is 0 Å². The van der Waals surface area contributed by atoms with Gasteiger partial charge in [0.1, 0.15) is 5.82 Å². The van der Waals surface area contributed by atoms with Crippen LogP contribution >= 0.6 is 0 Å². The Bertz CT molecular complexity index is 843. The summed E-state index contributed by atoms with van der Waals surface area (Å²) in [5.74, 6) is 1.03. The van der Waals surface area contributed by atoms with Gasteiger partial charge in [0.25, 0.3) is 0 Å². The number of aromatic nitrogens is 2. The third-order valence-corrected chi connectivity index (χ3v) is 4.92. The van der Waals surface area contributed by atoms with Crippen molar-refractivity contribution in [3.63, 3.8) is 0 Å². The fourth-order valence-electron chi connectivity index (χ4n) is 3.58. The van der Waals surface area contributed by atoms with E-state index < -0.39 is 11.7 Å². The lowest BCUT2D eigenvalue weighted by Gasteiger charge is -2.26. The summed E-state index contributed by atoms with van der Waals surface area (Å²) in [6, 6.07) is 5.88. The molecule has 0 amide bonds. The molecular weight excluding hydrogens is 383 g/mol. The van der Waals surface area contributed by atoms with Crippen LogP contribution in [-0.2, 0) is 17.3 Å². The lowest BCUT2D eigenvalue weighted by molar-refractivity contribution is -0.136. The van der Waals surface area contributed by atoms with Crippen LogP contribution in [0.3, 0.4) is 0 Å². The first-order valence-corrected chi connectivity index (χ1v) is 9.69. The first-order valence-electron chi connectivity index (χ1n) is 9.69. The Labute approximate surface area is 168 Å². The second-order valence-corrected chi connectivity index (χ2v) is 7.16. The van der Waals surface area contributed by atoms with Gasteiger partial charge in [-0.2, -0.15) is 18.2 Å². The monoisotopic (exact) mass is 409 g/mol. The molecule has 1 saturated heterocycles. The maximum absolute atomic E-state index is 13.2. The molecule has 29 heavy (non-hydrogen) atoms. The predicted octanol–water partition coefficient (Wildman–Crippen LogP) is 4.39. The van der Waals surface area contributed by atoms with E-state index in [0.29, 0.717) is 6.61 Å². The molecule has 1 aromatic heterocycles. The number of ether oxygens (including phenoxy) is 1. The van der Waals surface area contributed by atoms with Gasteiger partial charge in [0.15, 0.2) is 0 Å². The van der Waals surface area contributed by atoms with Gasteiger partial charge in [-0.1, -0.05) is 13.3 Å². The number of nitrogen functional groups attached to an aromatic ring is 1. The first kappa shape index (κ1) is 21.2. The highest BCUT2D eigenvalue weighted by atomic mass is 19.4. The van der Waals surface area contributed by atoms with Gasteiger partial charge in [0.2, 0.25) is 5.95 Å². The zero-order chi connectivity index (χ0) is 21.0. The highest BCUT2D eigenvalue weighted by Crippen LogP contribution is 2.35. The molecule has 1 atom stereocenters. The Morgan fingerprint density at radius 3 is 2.76 bits per heavy atom. The van der Waals surface area contributed by atoms with Crippen molar-refractivity contribution >= 4 is 23.1 Å². The number of benzene rings is 1. The van der Waals surface area contributed by atoms with Crippen LogP contribution in [0.2, 0.25) is 0 Å². The summed E-state index contributed by atoms with van der Waals surface area (Å²) < 4.78 is 44.8. The van der Waals surface area contributed by atoms with Crippen LogP contribution in [0, 0.1) is 0 Å². The number of aryl methyl sites for hydroxylation is 1. The van der Waals surface area contributed by atoms with Gasteiger partial charge in [0, 0.05) is 36.8 Å². The molecule has 9 heteroatoms. The molecule has 1 fully saturated rings. The Morgan fingerprint density at radius 1 is 1.28 bits per heavy atom. The van der Waals surface area contributed by atoms with Crippen molar-refractivity contribution in [2.75, 3.05) is 36.2 Å². The van der Waals surface area contributed by atoms with Crippen LogP contribution < -0.4 is 16.0 Å². The lowest BCUT2D eigenvalue weighted by atomic mass is 10.1. The topological polar surface area (TPSA) is 76.3 Å². The van der Waals surface area contributed by atoms with Crippen molar-refractivity contribution in [1.82, 2.24) is 9.97 Å². The number of nitrogens with zero attached hydrogens (tertiary/aromatic N) is 3. The summed E-state index contributed by atoms with van der Waals surface area (Å²) in [6.45, 7) is 3.51. The van der Waals surface area contributed by atoms with Gasteiger partial charge >= 0.3 is 6.18 Å². The Morgan fingerprint density at radius 2 is 2.07 bits per heavy atom. The van der Waals surface area contributed by atoms with Crippen molar-refractivity contribution in [1.29, 1.82) is 0 Å². The van der Waals surface area contributed by atoms with E-state index in [9.17, 15) is 13.2 Å². The summed E-state index contributed by atoms with van der Waals surface area (Å²) in [4.78, 5) is 11.2. The highest BCUT2D eigenvalue weighted by molar-refractivity contribution is 5.63. The summed E-state index contributed by atoms with van der Waals surface area (Å²) >= 11 is 0. The van der Waals surface area contributed by atoms with E-state index in [2.05, 4.69) is 20.2 Å². The zero-order valence-electron chi connectivity index (χ0n) is 16.6. The number of anilines is 4. The molecule has 1 aliphatic rings. The zero-order valence-corrected chi connectivity index (χ0v) is 16.6. The maximum Gasteiger partial charge on any atom is 0.418 e. The van der Waals surface area contributed by atoms with Crippen LogP contribution in [0.25, 0.3) is 0 Å². The molecule has 0 radical (unpaired) electrons. The van der Waals surface area contributed by atoms with Gasteiger partial charge in [0.05, 0.1) is 18.2 Å². The Kier molecular flexibility index (Phi) is 6.46. The van der Waals surface area contributed by atoms with E-state index in [-0.39, 0.29) is 23.4 Å². The number of nitrogens with two attached hydrogens (primary N) is 1. The SMILES string of the molecule is CCCc1cc(N2CCC[C@H]2COC)nc(Nc2ccc(N)c(C(F)(F)F)c2)n1. The fraction of sp³-hybridized carbons (Fsp3) is 0.500. The largest absolute Gasteiger partial charge is 0.418 e. The number of alkyl halides is 3. The second kappa shape index (κ2) is 8.86. The molecule has 0 saturated carbocycles. The standard InChI is InChI=1S/C20H26F3N5O/c1-3-5-13-11-18(28-9-4-6-15(28)12-29-2)27-19(25-13)26-14-7-8-17(24)16(10-14)20(21,22)23/h7-8,10-11,15H,3-6,9,12,24H2,1-2H3,(H,25,26,27)/t15-/m0/s1. The molecule has 0 spiro atoms. The van der Waals surface area contributed by atoms with Gasteiger partial charge in [-0.15, -0.1) is 0 Å². The van der Waals surface area contributed by atoms with E-state index in [0.717, 1.165) is 49.8 Å². The first-order chi connectivity index (χ1) is 13.8. The molecule has 1 aliphatic heterocycles. The number of hydrogen-bond acceptors (Lipinski definition) is 6. The average Bonchev–Trinajstić information content (AvgIpc) is 3.11. The second-order valence-electron chi connectivity index (χ2n) is 7.16. The molecule has 0 bridgehead atoms. The van der Waals surface area contributed by atoms with Crippen LogP contribution in [0.4, 0.5) is 36.3 Å². The number of hydrogen-bond donors (Lipinski definition) is 2. The van der Waals surface area contributed by atoms with Crippen LogP contribution in [0.15, 0.2) is 24.3 Å². The van der Waals surface area contributed by atoms with Gasteiger partial charge in [-0.05, 0) is 37.5 Å². The molecule has 6 nitrogen and oxygen atoms in total. The minimum Gasteiger partial charge on any atom is -0.398 e. The predicted molar refractivity (Wildman–Crippen MR) is 107 cm³/mol. The van der Waals surface area contributed by atoms with Crippen molar-refractivity contribution in [2.45, 2.75) is 44.8 Å². The molecule has 3 N–H and O–H groups in total. The number of nitrogens with one attached hydrogen (secondary N) is 1. The smallest absolute Gasteiger partial charge is 0.398 e. The van der Waals surface area contributed by atoms with Gasteiger partial charge in [-0.25, -0.2) is 4.98 Å². The summed E-state index contributed by atoms with van der Waals surface area (Å²) in [6.07, 6.45) is -0.825. The minimum absolute atomic E-state index is 0.227. The van der Waals surface area contributed by atoms with Crippen LogP contribution in [0.1, 0.15) is 37.4 Å². The summed E-state index contributed by atoms with van der Waals surface area (Å²) in [5.41, 5.74) is 5.37. The highest BCUT2D eigenvalue weighted by Gasteiger charge is 2.33. The molecular formula is C20H26F3N5O. The van der Waals surface area contributed by atoms with Crippen molar-refractivity contribution < 1.29 is 17.9 Å². The molecule has 1 aromatic carbocycles. The van der Waals surface area contributed by atoms with Gasteiger partial charge < -0.3 is 20.7 Å². The van der Waals surface area contributed by atoms with Gasteiger partial charge in [-0.3, -0.25) is 0 Å². The molecule has 158 valence electrons. The molecule has 0 unspecified atom stereocenters.